The highest BCUT2D eigenvalue weighted by Gasteiger charge is 2.21. The maximum Gasteiger partial charge on any atom is 0.326 e. The highest BCUT2D eigenvalue weighted by molar-refractivity contribution is 5.82. The van der Waals surface area contributed by atoms with Gasteiger partial charge in [0.15, 0.2) is 0 Å². The van der Waals surface area contributed by atoms with Crippen molar-refractivity contribution in [3.8, 4) is 0 Å². The molecule has 0 aromatic heterocycles. The lowest BCUT2D eigenvalue weighted by Gasteiger charge is -2.23. The topological polar surface area (TPSA) is 89.9 Å². The van der Waals surface area contributed by atoms with Crippen LogP contribution >= 0.6 is 0 Å². The Morgan fingerprint density at radius 1 is 1.38 bits per heavy atom. The fraction of sp³-hybridized carbons (Fsp3) is 0.800. The summed E-state index contributed by atoms with van der Waals surface area (Å²) in [6, 6.07) is -1.42. The Morgan fingerprint density at radius 3 is 2.38 bits per heavy atom. The largest absolute Gasteiger partial charge is 0.480 e. The van der Waals surface area contributed by atoms with Gasteiger partial charge in [-0.2, -0.15) is 0 Å². The molecule has 0 radical (unpaired) electrons. The molecule has 16 heavy (non-hydrogen) atoms. The molecule has 0 spiro atoms. The Balaban J connectivity index is 4.31. The predicted molar refractivity (Wildman–Crippen MR) is 59.2 cm³/mol. The number of aliphatic hydroxyl groups is 1. The molecule has 2 amide bonds. The van der Waals surface area contributed by atoms with E-state index in [1.807, 2.05) is 13.8 Å². The molecule has 3 N–H and O–H groups in total. The van der Waals surface area contributed by atoms with E-state index >= 15 is 0 Å². The van der Waals surface area contributed by atoms with Crippen LogP contribution in [0.5, 0.6) is 0 Å². The van der Waals surface area contributed by atoms with E-state index < -0.39 is 18.0 Å². The number of hydrogen-bond donors (Lipinski definition) is 3. The van der Waals surface area contributed by atoms with Gasteiger partial charge in [0.1, 0.15) is 6.04 Å². The zero-order valence-electron chi connectivity index (χ0n) is 9.77. The lowest BCUT2D eigenvalue weighted by molar-refractivity contribution is -0.139. The van der Waals surface area contributed by atoms with Crippen molar-refractivity contribution in [2.45, 2.75) is 32.7 Å². The number of carboxylic acids is 1. The molecule has 0 bridgehead atoms. The quantitative estimate of drug-likeness (QED) is 0.587. The number of urea groups is 1. The molecule has 1 unspecified atom stereocenters. The molecule has 1 atom stereocenters. The number of rotatable bonds is 7. The van der Waals surface area contributed by atoms with Crippen LogP contribution in [0.3, 0.4) is 0 Å². The zero-order chi connectivity index (χ0) is 12.6. The van der Waals surface area contributed by atoms with Crippen molar-refractivity contribution in [1.82, 2.24) is 10.2 Å². The van der Waals surface area contributed by atoms with Gasteiger partial charge < -0.3 is 20.4 Å². The SMILES string of the molecule is CCCN(CC)C(=O)NC(CCO)C(=O)O. The molecule has 0 saturated heterocycles. The first-order valence-electron chi connectivity index (χ1n) is 5.45. The molecule has 94 valence electrons. The second-order valence-electron chi connectivity index (χ2n) is 3.43. The molecule has 0 aliphatic carbocycles. The van der Waals surface area contributed by atoms with E-state index in [0.29, 0.717) is 13.1 Å². The van der Waals surface area contributed by atoms with Gasteiger partial charge in [-0.3, -0.25) is 0 Å². The number of nitrogens with zero attached hydrogens (tertiary/aromatic N) is 1. The third-order valence-corrected chi connectivity index (χ3v) is 2.18. The van der Waals surface area contributed by atoms with E-state index in [4.69, 9.17) is 10.2 Å². The lowest BCUT2D eigenvalue weighted by Crippen LogP contribution is -2.48. The highest BCUT2D eigenvalue weighted by Crippen LogP contribution is 1.97. The molecule has 0 aliphatic heterocycles. The Hall–Kier alpha value is -1.30. The van der Waals surface area contributed by atoms with Crippen LogP contribution in [-0.2, 0) is 4.79 Å². The average molecular weight is 232 g/mol. The number of carboxylic acid groups (broad SMARTS) is 1. The molecule has 0 heterocycles. The summed E-state index contributed by atoms with van der Waals surface area (Å²) in [5.41, 5.74) is 0. The van der Waals surface area contributed by atoms with Crippen LogP contribution in [-0.4, -0.2) is 52.9 Å². The van der Waals surface area contributed by atoms with Gasteiger partial charge in [0, 0.05) is 26.1 Å². The smallest absolute Gasteiger partial charge is 0.326 e. The number of nitrogens with one attached hydrogen (secondary N) is 1. The Kier molecular flexibility index (Phi) is 7.28. The minimum Gasteiger partial charge on any atom is -0.480 e. The minimum atomic E-state index is -1.13. The average Bonchev–Trinajstić information content (AvgIpc) is 2.24. The molecule has 6 nitrogen and oxygen atoms in total. The van der Waals surface area contributed by atoms with E-state index in [-0.39, 0.29) is 13.0 Å². The minimum absolute atomic E-state index is 0.0186. The number of hydrogen-bond acceptors (Lipinski definition) is 3. The molecule has 0 aromatic rings. The van der Waals surface area contributed by atoms with E-state index in [1.165, 1.54) is 4.90 Å². The van der Waals surface area contributed by atoms with Crippen LogP contribution in [0.1, 0.15) is 26.7 Å². The van der Waals surface area contributed by atoms with Gasteiger partial charge in [-0.05, 0) is 13.3 Å². The van der Waals surface area contributed by atoms with Crippen molar-refractivity contribution in [1.29, 1.82) is 0 Å². The van der Waals surface area contributed by atoms with Crippen LogP contribution in [0.4, 0.5) is 4.79 Å². The van der Waals surface area contributed by atoms with Gasteiger partial charge in [-0.15, -0.1) is 0 Å². The number of aliphatic carboxylic acids is 1. The van der Waals surface area contributed by atoms with Crippen molar-refractivity contribution in [3.63, 3.8) is 0 Å². The number of carbonyl (C=O) groups is 2. The van der Waals surface area contributed by atoms with Crippen LogP contribution in [0.25, 0.3) is 0 Å². The van der Waals surface area contributed by atoms with Gasteiger partial charge in [0.25, 0.3) is 0 Å². The monoisotopic (exact) mass is 232 g/mol. The summed E-state index contributed by atoms with van der Waals surface area (Å²) < 4.78 is 0. The zero-order valence-corrected chi connectivity index (χ0v) is 9.77. The molecular formula is C10H20N2O4. The fourth-order valence-corrected chi connectivity index (χ4v) is 1.30. The third kappa shape index (κ3) is 4.97. The van der Waals surface area contributed by atoms with Crippen molar-refractivity contribution < 1.29 is 19.8 Å². The summed E-state index contributed by atoms with van der Waals surface area (Å²) in [7, 11) is 0. The standard InChI is InChI=1S/C10H20N2O4/c1-3-6-12(4-2)10(16)11-8(5-7-13)9(14)15/h8,13H,3-7H2,1-2H3,(H,11,16)(H,14,15). The van der Waals surface area contributed by atoms with Gasteiger partial charge in [0.05, 0.1) is 0 Å². The second kappa shape index (κ2) is 7.92. The maximum absolute atomic E-state index is 11.6. The van der Waals surface area contributed by atoms with Crippen LogP contribution < -0.4 is 5.32 Å². The van der Waals surface area contributed by atoms with E-state index in [2.05, 4.69) is 5.32 Å². The van der Waals surface area contributed by atoms with Crippen LogP contribution in [0.15, 0.2) is 0 Å². The van der Waals surface area contributed by atoms with Gasteiger partial charge in [0.2, 0.25) is 0 Å². The normalized spacial score (nSPS) is 11.9. The predicted octanol–water partition coefficient (Wildman–Crippen LogP) is 0.263. The summed E-state index contributed by atoms with van der Waals surface area (Å²) in [5, 5.41) is 19.8. The summed E-state index contributed by atoms with van der Waals surface area (Å²) >= 11 is 0. The van der Waals surface area contributed by atoms with Crippen LogP contribution in [0, 0.1) is 0 Å². The van der Waals surface area contributed by atoms with Crippen molar-refractivity contribution >= 4 is 12.0 Å². The fourth-order valence-electron chi connectivity index (χ4n) is 1.30. The number of carbonyl (C=O) groups excluding carboxylic acids is 1. The molecular weight excluding hydrogens is 212 g/mol. The molecule has 0 aliphatic rings. The first kappa shape index (κ1) is 14.7. The van der Waals surface area contributed by atoms with Gasteiger partial charge in [-0.25, -0.2) is 9.59 Å². The summed E-state index contributed by atoms with van der Waals surface area (Å²) in [5.74, 6) is -1.13. The Morgan fingerprint density at radius 2 is 2.00 bits per heavy atom. The van der Waals surface area contributed by atoms with Crippen molar-refractivity contribution in [2.75, 3.05) is 19.7 Å². The molecule has 0 fully saturated rings. The third-order valence-electron chi connectivity index (χ3n) is 2.18. The summed E-state index contributed by atoms with van der Waals surface area (Å²) in [4.78, 5) is 23.9. The Labute approximate surface area is 95.2 Å². The van der Waals surface area contributed by atoms with Crippen LogP contribution in [0.2, 0.25) is 0 Å². The van der Waals surface area contributed by atoms with E-state index in [1.54, 1.807) is 0 Å². The van der Waals surface area contributed by atoms with Crippen molar-refractivity contribution in [3.05, 3.63) is 0 Å². The highest BCUT2D eigenvalue weighted by atomic mass is 16.4. The molecule has 0 saturated carbocycles. The van der Waals surface area contributed by atoms with Gasteiger partial charge in [-0.1, -0.05) is 6.92 Å². The summed E-state index contributed by atoms with van der Waals surface area (Å²) in [6.07, 6.45) is 0.837. The second-order valence-corrected chi connectivity index (χ2v) is 3.43. The molecule has 0 rings (SSSR count). The lowest BCUT2D eigenvalue weighted by atomic mass is 10.2. The van der Waals surface area contributed by atoms with E-state index in [9.17, 15) is 9.59 Å². The first-order chi connectivity index (χ1) is 7.56. The maximum atomic E-state index is 11.6. The first-order valence-corrected chi connectivity index (χ1v) is 5.45. The number of aliphatic hydroxyl groups excluding tert-OH is 1. The van der Waals surface area contributed by atoms with Gasteiger partial charge >= 0.3 is 12.0 Å². The van der Waals surface area contributed by atoms with E-state index in [0.717, 1.165) is 6.42 Å². The molecule has 6 heteroatoms. The summed E-state index contributed by atoms with van der Waals surface area (Å²) in [6.45, 7) is 4.63. The molecule has 0 aromatic carbocycles. The number of amides is 2. The van der Waals surface area contributed by atoms with Crippen molar-refractivity contribution in [2.24, 2.45) is 0 Å². The Bertz CT molecular complexity index is 233.